The number of aromatic amines is 1. The molecule has 13 nitrogen and oxygen atoms in total. The molecule has 2 aromatic carbocycles. The van der Waals surface area contributed by atoms with E-state index in [1.165, 1.54) is 14.2 Å². The summed E-state index contributed by atoms with van der Waals surface area (Å²) in [4.78, 5) is 68.0. The number of rotatable bonds is 11. The largest absolute Gasteiger partial charge is 0.453 e. The van der Waals surface area contributed by atoms with Crippen molar-refractivity contribution in [3.63, 3.8) is 0 Å². The standard InChI is InChI=1S/C43H53N7O6/c1-7-26(3)37(47-42(53)55-5)40(51)49-19-9-11-35(49)33-22-29(24-44-33)14-13-28-15-16-31-23-32(18-17-30(31)21-28)34-25-45-39(46-34)36-12-10-20-50(36)41(52)38(27(4)8-2)48-43(54)56-6/h15-18,21,23-27,35-38H,7-12,19-20,22H2,1-6H3,(H,45,46)(H,47,53)(H,48,54)/t26-,27-,35-,36-,37-,38-/m0/s1. The van der Waals surface area contributed by atoms with Crippen molar-refractivity contribution in [2.75, 3.05) is 27.3 Å². The summed E-state index contributed by atoms with van der Waals surface area (Å²) in [6.45, 7) is 9.13. The molecular weight excluding hydrogens is 711 g/mol. The lowest BCUT2D eigenvalue weighted by Crippen LogP contribution is -2.54. The predicted octanol–water partition coefficient (Wildman–Crippen LogP) is 6.51. The second-order valence-corrected chi connectivity index (χ2v) is 15.0. The highest BCUT2D eigenvalue weighted by molar-refractivity contribution is 5.99. The van der Waals surface area contributed by atoms with Gasteiger partial charge in [0.1, 0.15) is 17.9 Å². The Hall–Kier alpha value is -5.64. The van der Waals surface area contributed by atoms with Crippen molar-refractivity contribution in [2.24, 2.45) is 16.8 Å². The van der Waals surface area contributed by atoms with Crippen LogP contribution in [0.15, 0.2) is 59.4 Å². The first-order valence-electron chi connectivity index (χ1n) is 19.7. The van der Waals surface area contributed by atoms with Crippen LogP contribution >= 0.6 is 0 Å². The van der Waals surface area contributed by atoms with Gasteiger partial charge >= 0.3 is 12.2 Å². The molecule has 0 saturated carbocycles. The number of allylic oxidation sites excluding steroid dienone is 1. The molecule has 296 valence electrons. The molecule has 6 atom stereocenters. The number of aromatic nitrogens is 2. The van der Waals surface area contributed by atoms with Gasteiger partial charge < -0.3 is 34.9 Å². The fourth-order valence-corrected chi connectivity index (χ4v) is 7.81. The number of alkyl carbamates (subject to hydrolysis) is 2. The average Bonchev–Trinajstić information content (AvgIpc) is 4.06. The van der Waals surface area contributed by atoms with Crippen molar-refractivity contribution >= 4 is 40.5 Å². The molecule has 3 aromatic rings. The van der Waals surface area contributed by atoms with Gasteiger partial charge in [0.2, 0.25) is 11.8 Å². The summed E-state index contributed by atoms with van der Waals surface area (Å²) < 4.78 is 9.60. The molecule has 56 heavy (non-hydrogen) atoms. The molecule has 0 spiro atoms. The van der Waals surface area contributed by atoms with Gasteiger partial charge in [-0.05, 0) is 66.5 Å². The van der Waals surface area contributed by atoms with Crippen molar-refractivity contribution in [1.82, 2.24) is 30.4 Å². The molecule has 2 saturated heterocycles. The predicted molar refractivity (Wildman–Crippen MR) is 215 cm³/mol. The Morgan fingerprint density at radius 2 is 1.43 bits per heavy atom. The van der Waals surface area contributed by atoms with E-state index in [2.05, 4.69) is 57.8 Å². The number of carbonyl (C=O) groups is 4. The lowest BCUT2D eigenvalue weighted by Gasteiger charge is -2.31. The average molecular weight is 764 g/mol. The highest BCUT2D eigenvalue weighted by Crippen LogP contribution is 2.34. The normalized spacial score (nSPS) is 20.0. The van der Waals surface area contributed by atoms with Crippen molar-refractivity contribution in [3.05, 3.63) is 65.8 Å². The van der Waals surface area contributed by atoms with E-state index in [1.54, 1.807) is 6.20 Å². The second-order valence-electron chi connectivity index (χ2n) is 15.0. The van der Waals surface area contributed by atoms with Crippen LogP contribution in [0, 0.1) is 23.7 Å². The lowest BCUT2D eigenvalue weighted by atomic mass is 9.96. The van der Waals surface area contributed by atoms with E-state index in [-0.39, 0.29) is 35.7 Å². The van der Waals surface area contributed by atoms with E-state index in [1.807, 2.05) is 49.8 Å². The van der Waals surface area contributed by atoms with Crippen LogP contribution in [-0.4, -0.2) is 94.9 Å². The second kappa shape index (κ2) is 17.9. The Kier molecular flexibility index (Phi) is 12.8. The van der Waals surface area contributed by atoms with Gasteiger partial charge in [-0.1, -0.05) is 70.6 Å². The molecule has 0 bridgehead atoms. The van der Waals surface area contributed by atoms with Crippen LogP contribution in [0.5, 0.6) is 0 Å². The quantitative estimate of drug-likeness (QED) is 0.188. The number of amides is 4. The van der Waals surface area contributed by atoms with Gasteiger partial charge in [-0.2, -0.15) is 0 Å². The minimum absolute atomic E-state index is 0.0425. The smallest absolute Gasteiger partial charge is 0.407 e. The summed E-state index contributed by atoms with van der Waals surface area (Å²) in [6, 6.07) is 10.7. The van der Waals surface area contributed by atoms with E-state index >= 15 is 0 Å². The van der Waals surface area contributed by atoms with E-state index < -0.39 is 24.3 Å². The highest BCUT2D eigenvalue weighted by atomic mass is 16.5. The van der Waals surface area contributed by atoms with E-state index in [0.29, 0.717) is 19.5 Å². The first-order valence-corrected chi connectivity index (χ1v) is 19.7. The summed E-state index contributed by atoms with van der Waals surface area (Å²) >= 11 is 0. The monoisotopic (exact) mass is 763 g/mol. The fraction of sp³-hybridized carbons (Fsp3) is 0.488. The molecule has 3 N–H and O–H groups in total. The maximum atomic E-state index is 13.7. The maximum absolute atomic E-state index is 13.7. The number of methoxy groups -OCH3 is 2. The number of hydrogen-bond acceptors (Lipinski definition) is 8. The molecule has 4 heterocycles. The third kappa shape index (κ3) is 8.75. The first kappa shape index (κ1) is 40.0. The van der Waals surface area contributed by atoms with E-state index in [0.717, 1.165) is 83.2 Å². The number of benzene rings is 2. The minimum Gasteiger partial charge on any atom is -0.453 e. The number of imidazole rings is 1. The number of likely N-dealkylation sites (tertiary alicyclic amines) is 2. The Bertz CT molecular complexity index is 2080. The third-order valence-electron chi connectivity index (χ3n) is 11.5. The van der Waals surface area contributed by atoms with Crippen molar-refractivity contribution in [3.8, 4) is 23.1 Å². The molecule has 3 aliphatic rings. The van der Waals surface area contributed by atoms with Crippen molar-refractivity contribution < 1.29 is 28.7 Å². The number of nitrogens with zero attached hydrogens (tertiary/aromatic N) is 4. The highest BCUT2D eigenvalue weighted by Gasteiger charge is 2.40. The van der Waals surface area contributed by atoms with Crippen LogP contribution in [0.3, 0.4) is 0 Å². The minimum atomic E-state index is -0.676. The number of fused-ring (bicyclic) bond motifs is 1. The van der Waals surface area contributed by atoms with Crippen LogP contribution in [-0.2, 0) is 19.1 Å². The SMILES string of the molecule is CC[C@H](C)[C@H](NC(=O)OC)C(=O)N1CCC[C@H]1C1=NC=C(C#Cc2ccc3cc(-c4cnc([C@@H]5CCCN5C(=O)[C@@H](NC(=O)OC)[C@@H](C)CC)[nH]4)ccc3c2)C1. The Morgan fingerprint density at radius 3 is 2.05 bits per heavy atom. The van der Waals surface area contributed by atoms with E-state index in [4.69, 9.17) is 19.5 Å². The summed E-state index contributed by atoms with van der Waals surface area (Å²) in [6.07, 6.45) is 7.78. The van der Waals surface area contributed by atoms with Gasteiger partial charge in [-0.15, -0.1) is 0 Å². The zero-order valence-corrected chi connectivity index (χ0v) is 33.2. The van der Waals surface area contributed by atoms with Crippen molar-refractivity contribution in [2.45, 2.75) is 96.8 Å². The van der Waals surface area contributed by atoms with Crippen LogP contribution in [0.2, 0.25) is 0 Å². The first-order chi connectivity index (χ1) is 27.0. The Labute approximate surface area is 328 Å². The zero-order chi connectivity index (χ0) is 39.9. The number of H-pyrrole nitrogens is 1. The van der Waals surface area contributed by atoms with Gasteiger partial charge in [0.15, 0.2) is 0 Å². The molecule has 1 aromatic heterocycles. The van der Waals surface area contributed by atoms with E-state index in [9.17, 15) is 19.2 Å². The summed E-state index contributed by atoms with van der Waals surface area (Å²) in [5.74, 6) is 7.01. The van der Waals surface area contributed by atoms with Crippen LogP contribution in [0.4, 0.5) is 9.59 Å². The molecule has 3 aliphatic heterocycles. The lowest BCUT2D eigenvalue weighted by molar-refractivity contribution is -0.136. The molecule has 6 rings (SSSR count). The van der Waals surface area contributed by atoms with Crippen LogP contribution in [0.25, 0.3) is 22.0 Å². The van der Waals surface area contributed by atoms with Gasteiger partial charge in [0.05, 0.1) is 38.2 Å². The molecule has 13 heteroatoms. The number of hydrogen-bond donors (Lipinski definition) is 3. The molecular formula is C43H53N7O6. The number of aliphatic imine (C=N–C) groups is 1. The third-order valence-corrected chi connectivity index (χ3v) is 11.5. The van der Waals surface area contributed by atoms with Gasteiger partial charge in [0.25, 0.3) is 0 Å². The Balaban J connectivity index is 1.10. The summed E-state index contributed by atoms with van der Waals surface area (Å²) in [5, 5.41) is 7.60. The zero-order valence-electron chi connectivity index (χ0n) is 33.2. The van der Waals surface area contributed by atoms with Crippen LogP contribution in [0.1, 0.15) is 90.1 Å². The molecule has 0 aliphatic carbocycles. The molecule has 4 amide bonds. The maximum Gasteiger partial charge on any atom is 0.407 e. The van der Waals surface area contributed by atoms with Crippen LogP contribution < -0.4 is 10.6 Å². The number of nitrogens with one attached hydrogen (secondary N) is 3. The number of ether oxygens (including phenoxy) is 2. The van der Waals surface area contributed by atoms with Gasteiger partial charge in [-0.25, -0.2) is 14.6 Å². The fourth-order valence-electron chi connectivity index (χ4n) is 7.81. The number of carbonyl (C=O) groups excluding carboxylic acids is 4. The van der Waals surface area contributed by atoms with Crippen molar-refractivity contribution in [1.29, 1.82) is 0 Å². The van der Waals surface area contributed by atoms with Gasteiger partial charge in [-0.3, -0.25) is 14.6 Å². The molecule has 0 unspecified atom stereocenters. The molecule has 0 radical (unpaired) electrons. The summed E-state index contributed by atoms with van der Waals surface area (Å²) in [7, 11) is 2.60. The molecule has 2 fully saturated rings. The summed E-state index contributed by atoms with van der Waals surface area (Å²) in [5.41, 5.74) is 4.54. The van der Waals surface area contributed by atoms with Gasteiger partial charge in [0, 0.05) is 48.1 Å². The topological polar surface area (TPSA) is 158 Å². The Morgan fingerprint density at radius 1 is 0.839 bits per heavy atom.